The predicted octanol–water partition coefficient (Wildman–Crippen LogP) is 2.09. The Morgan fingerprint density at radius 3 is 2.19 bits per heavy atom. The molecule has 0 aliphatic carbocycles. The van der Waals surface area contributed by atoms with Gasteiger partial charge in [-0.1, -0.05) is 42.5 Å². The summed E-state index contributed by atoms with van der Waals surface area (Å²) in [7, 11) is 1.51. The fraction of sp³-hybridized carbons (Fsp3) is 0.176. The minimum atomic E-state index is -5.06. The van der Waals surface area contributed by atoms with Gasteiger partial charge in [-0.25, -0.2) is 10.7 Å². The molecule has 0 atom stereocenters. The summed E-state index contributed by atoms with van der Waals surface area (Å²) in [6, 6.07) is 16.0. The van der Waals surface area contributed by atoms with Crippen LogP contribution in [0.1, 0.15) is 15.9 Å². The van der Waals surface area contributed by atoms with Crippen LogP contribution in [-0.4, -0.2) is 25.1 Å². The number of hydrogen-bond donors (Lipinski definition) is 3. The molecule has 0 radical (unpaired) electrons. The van der Waals surface area contributed by atoms with Gasteiger partial charge < -0.3 is 0 Å². The highest BCUT2D eigenvalue weighted by Crippen LogP contribution is 2.26. The summed E-state index contributed by atoms with van der Waals surface area (Å²) < 4.78 is 36.4. The van der Waals surface area contributed by atoms with Gasteiger partial charge in [0.25, 0.3) is 5.91 Å². The van der Waals surface area contributed by atoms with Crippen molar-refractivity contribution in [2.24, 2.45) is 0 Å². The van der Waals surface area contributed by atoms with Crippen molar-refractivity contribution >= 4 is 23.6 Å². The Kier molecular flexibility index (Phi) is 9.34. The van der Waals surface area contributed by atoms with Crippen LogP contribution in [0, 0.1) is 0 Å². The Morgan fingerprint density at radius 1 is 1.04 bits per heavy atom. The van der Waals surface area contributed by atoms with Gasteiger partial charge in [-0.15, -0.1) is 11.8 Å². The molecule has 0 fully saturated rings. The number of alkyl halides is 3. The lowest BCUT2D eigenvalue weighted by atomic mass is 10.2. The van der Waals surface area contributed by atoms with Crippen molar-refractivity contribution in [1.82, 2.24) is 10.9 Å². The van der Waals surface area contributed by atoms with Gasteiger partial charge in [-0.3, -0.25) is 20.4 Å². The van der Waals surface area contributed by atoms with Crippen LogP contribution >= 0.6 is 11.8 Å². The third-order valence-electron chi connectivity index (χ3n) is 2.92. The molecule has 0 aromatic heterocycles. The van der Waals surface area contributed by atoms with Crippen LogP contribution in [0.3, 0.4) is 0 Å². The maximum absolute atomic E-state index is 12.1. The molecule has 6 nitrogen and oxygen atoms in total. The zero-order chi connectivity index (χ0) is 20.3. The van der Waals surface area contributed by atoms with Crippen molar-refractivity contribution in [3.63, 3.8) is 0 Å². The molecule has 0 bridgehead atoms. The maximum Gasteiger partial charge on any atom is 0.472 e. The number of halogens is 3. The maximum atomic E-state index is 12.1. The van der Waals surface area contributed by atoms with Crippen molar-refractivity contribution < 1.29 is 33.5 Å². The Bertz CT molecular complexity index is 743. The zero-order valence-corrected chi connectivity index (χ0v) is 15.2. The van der Waals surface area contributed by atoms with E-state index in [0.717, 1.165) is 5.56 Å². The molecule has 0 spiro atoms. The zero-order valence-electron chi connectivity index (χ0n) is 14.4. The molecule has 2 aromatic carbocycles. The lowest BCUT2D eigenvalue weighted by Gasteiger charge is -2.11. The highest BCUT2D eigenvalue weighted by atomic mass is 32.2. The fourth-order valence-corrected chi connectivity index (χ4v) is 2.77. The van der Waals surface area contributed by atoms with Crippen LogP contribution in [0.5, 0.6) is 0 Å². The van der Waals surface area contributed by atoms with Crippen molar-refractivity contribution in [3.05, 3.63) is 65.7 Å². The summed E-state index contributed by atoms with van der Waals surface area (Å²) in [4.78, 5) is 27.3. The highest BCUT2D eigenvalue weighted by Gasteiger charge is 2.39. The number of hydrogen-bond acceptors (Lipinski definition) is 4. The standard InChI is InChI=1S/C16H13F3N2O2S.CH6NO/c17-16(18,19)15(23)21-20-14(22)12-8-4-5-9-13(12)24-10-11-6-2-1-3-7-11;1-3-2/h1-9H,10H2,(H,20,22)(H,21,23);1-2H3/q;+1. The summed E-state index contributed by atoms with van der Waals surface area (Å²) in [5, 5.41) is 0. The molecule has 0 saturated carbocycles. The molecule has 5 N–H and O–H groups in total. The van der Waals surface area contributed by atoms with Crippen LogP contribution in [0.2, 0.25) is 0 Å². The molecule has 27 heavy (non-hydrogen) atoms. The third kappa shape index (κ3) is 8.11. The number of nitrogens with one attached hydrogen (secondary N) is 2. The van der Waals surface area contributed by atoms with E-state index in [1.54, 1.807) is 23.6 Å². The number of amides is 2. The molecular formula is C17H19F3N3O3S+. The number of hydrazine groups is 1. The van der Waals surface area contributed by atoms with Gasteiger partial charge in [0.1, 0.15) is 0 Å². The van der Waals surface area contributed by atoms with Crippen LogP contribution < -0.4 is 16.7 Å². The van der Waals surface area contributed by atoms with E-state index >= 15 is 0 Å². The quantitative estimate of drug-likeness (QED) is 0.539. The summed E-state index contributed by atoms with van der Waals surface area (Å²) in [5.74, 6) is 0.536. The van der Waals surface area contributed by atoms with E-state index in [1.165, 1.54) is 30.4 Å². The molecule has 10 heteroatoms. The van der Waals surface area contributed by atoms with E-state index in [0.29, 0.717) is 10.6 Å². The van der Waals surface area contributed by atoms with E-state index in [4.69, 9.17) is 0 Å². The minimum absolute atomic E-state index is 0.181. The lowest BCUT2D eigenvalue weighted by molar-refractivity contribution is -0.679. The molecular weight excluding hydrogens is 383 g/mol. The molecule has 0 aliphatic heterocycles. The molecule has 146 valence electrons. The Hall–Kier alpha value is -2.56. The van der Waals surface area contributed by atoms with E-state index in [-0.39, 0.29) is 5.56 Å². The monoisotopic (exact) mass is 402 g/mol. The second-order valence-electron chi connectivity index (χ2n) is 4.97. The molecule has 0 aliphatic rings. The average molecular weight is 402 g/mol. The normalized spacial score (nSPS) is 10.4. The van der Waals surface area contributed by atoms with E-state index in [9.17, 15) is 22.8 Å². The number of carbonyl (C=O) groups excluding carboxylic acids is 2. The SMILES string of the molecule is CO[NH3+].O=C(NNC(=O)C(F)(F)F)c1ccccc1SCc1ccccc1. The van der Waals surface area contributed by atoms with Crippen LogP contribution in [0.25, 0.3) is 0 Å². The second kappa shape index (κ2) is 11.2. The third-order valence-corrected chi connectivity index (χ3v) is 4.06. The smallest absolute Gasteiger partial charge is 0.267 e. The van der Waals surface area contributed by atoms with Gasteiger partial charge >= 0.3 is 12.1 Å². The summed E-state index contributed by atoms with van der Waals surface area (Å²) in [6.45, 7) is 0. The topological polar surface area (TPSA) is 95.1 Å². The van der Waals surface area contributed by atoms with Gasteiger partial charge in [0.2, 0.25) is 0 Å². The largest absolute Gasteiger partial charge is 0.472 e. The van der Waals surface area contributed by atoms with Gasteiger partial charge in [0, 0.05) is 10.6 Å². The summed E-state index contributed by atoms with van der Waals surface area (Å²) in [6.07, 6.45) is -5.06. The first kappa shape index (κ1) is 22.5. The van der Waals surface area contributed by atoms with E-state index in [1.807, 2.05) is 30.3 Å². The first-order valence-electron chi connectivity index (χ1n) is 7.51. The average Bonchev–Trinajstić information content (AvgIpc) is 2.65. The Morgan fingerprint density at radius 2 is 1.59 bits per heavy atom. The first-order chi connectivity index (χ1) is 12.8. The van der Waals surface area contributed by atoms with Gasteiger partial charge in [0.05, 0.1) is 12.7 Å². The minimum Gasteiger partial charge on any atom is -0.267 e. The molecule has 0 unspecified atom stereocenters. The van der Waals surface area contributed by atoms with Crippen LogP contribution in [0.15, 0.2) is 59.5 Å². The number of rotatable bonds is 4. The molecule has 2 rings (SSSR count). The lowest BCUT2D eigenvalue weighted by Crippen LogP contribution is -2.47. The molecule has 0 saturated heterocycles. The summed E-state index contributed by atoms with van der Waals surface area (Å²) in [5.41, 5.74) is 4.35. The van der Waals surface area contributed by atoms with Crippen molar-refractivity contribution in [1.29, 1.82) is 0 Å². The summed E-state index contributed by atoms with van der Waals surface area (Å²) >= 11 is 1.37. The molecule has 2 amide bonds. The Balaban J connectivity index is 0.00000114. The number of thioether (sulfide) groups is 1. The van der Waals surface area contributed by atoms with Crippen molar-refractivity contribution in [3.8, 4) is 0 Å². The van der Waals surface area contributed by atoms with Crippen molar-refractivity contribution in [2.45, 2.75) is 16.8 Å². The van der Waals surface area contributed by atoms with Gasteiger partial charge in [-0.05, 0) is 17.7 Å². The fourth-order valence-electron chi connectivity index (χ4n) is 1.77. The highest BCUT2D eigenvalue weighted by molar-refractivity contribution is 7.98. The number of carbonyl (C=O) groups is 2. The predicted molar refractivity (Wildman–Crippen MR) is 94.0 cm³/mol. The van der Waals surface area contributed by atoms with Gasteiger partial charge in [0.15, 0.2) is 0 Å². The number of quaternary nitrogens is 1. The Labute approximate surface area is 158 Å². The van der Waals surface area contributed by atoms with Crippen LogP contribution in [0.4, 0.5) is 13.2 Å². The van der Waals surface area contributed by atoms with E-state index in [2.05, 4.69) is 10.7 Å². The van der Waals surface area contributed by atoms with E-state index < -0.39 is 18.0 Å². The second-order valence-corrected chi connectivity index (χ2v) is 5.98. The van der Waals surface area contributed by atoms with Crippen molar-refractivity contribution in [2.75, 3.05) is 7.11 Å². The van der Waals surface area contributed by atoms with Crippen LogP contribution in [-0.2, 0) is 15.4 Å². The molecule has 0 heterocycles. The van der Waals surface area contributed by atoms with Gasteiger partial charge in [-0.2, -0.15) is 13.2 Å². The molecule has 2 aromatic rings. The number of benzene rings is 2. The first-order valence-corrected chi connectivity index (χ1v) is 8.49.